The predicted octanol–water partition coefficient (Wildman–Crippen LogP) is 0.788. The average molecular weight is 617 g/mol. The van der Waals surface area contributed by atoms with Gasteiger partial charge in [0.15, 0.2) is 0 Å². The Kier molecular flexibility index (Phi) is 15.8. The topological polar surface area (TPSA) is 183 Å². The third-order valence-corrected chi connectivity index (χ3v) is 6.33. The molecule has 0 aliphatic carbocycles. The number of aliphatic hydroxyl groups is 2. The minimum Gasteiger partial charge on any atom is -0.462 e. The summed E-state index contributed by atoms with van der Waals surface area (Å²) in [6.07, 6.45) is -4.82. The number of nitrogens with two attached hydrogens (primary N) is 2. The van der Waals surface area contributed by atoms with Gasteiger partial charge in [0.2, 0.25) is 12.2 Å². The van der Waals surface area contributed by atoms with Gasteiger partial charge < -0.3 is 41.2 Å². The van der Waals surface area contributed by atoms with Crippen molar-refractivity contribution in [1.82, 2.24) is 5.32 Å². The van der Waals surface area contributed by atoms with Gasteiger partial charge in [-0.3, -0.25) is 14.4 Å². The highest BCUT2D eigenvalue weighted by molar-refractivity contribution is 5.85. The molecule has 0 spiro atoms. The van der Waals surface area contributed by atoms with Crippen molar-refractivity contribution in [1.29, 1.82) is 0 Å². The van der Waals surface area contributed by atoms with Crippen LogP contribution in [0, 0.1) is 0 Å². The maximum absolute atomic E-state index is 12.8. The fourth-order valence-corrected chi connectivity index (χ4v) is 4.18. The molecule has 13 heteroatoms. The van der Waals surface area contributed by atoms with Crippen LogP contribution in [0.5, 0.6) is 0 Å². The molecule has 11 nitrogen and oxygen atoms in total. The van der Waals surface area contributed by atoms with E-state index in [0.29, 0.717) is 6.42 Å². The number of benzene rings is 2. The van der Waals surface area contributed by atoms with E-state index in [2.05, 4.69) is 5.32 Å². The quantitative estimate of drug-likeness (QED) is 0.214. The third kappa shape index (κ3) is 10.9. The Balaban J connectivity index is 0.00000420. The van der Waals surface area contributed by atoms with E-state index in [4.69, 9.17) is 25.7 Å². The molecule has 2 aromatic rings. The van der Waals surface area contributed by atoms with Crippen LogP contribution in [0.3, 0.4) is 0 Å². The van der Waals surface area contributed by atoms with Crippen LogP contribution in [0.2, 0.25) is 0 Å². The molecule has 0 aromatic heterocycles. The van der Waals surface area contributed by atoms with Gasteiger partial charge in [-0.15, -0.1) is 24.8 Å². The third-order valence-electron chi connectivity index (χ3n) is 6.33. The molecule has 1 saturated heterocycles. The summed E-state index contributed by atoms with van der Waals surface area (Å²) in [6.45, 7) is 1.33. The highest BCUT2D eigenvalue weighted by Crippen LogP contribution is 2.24. The first-order valence-electron chi connectivity index (χ1n) is 13.0. The Morgan fingerprint density at radius 2 is 1.39 bits per heavy atom. The number of esters is 2. The van der Waals surface area contributed by atoms with E-state index < -0.39 is 67.2 Å². The monoisotopic (exact) mass is 615 g/mol. The predicted molar refractivity (Wildman–Crippen MR) is 155 cm³/mol. The van der Waals surface area contributed by atoms with Gasteiger partial charge in [-0.1, -0.05) is 67.6 Å². The summed E-state index contributed by atoms with van der Waals surface area (Å²) >= 11 is 0. The van der Waals surface area contributed by atoms with E-state index in [0.717, 1.165) is 11.1 Å². The zero-order chi connectivity index (χ0) is 28.4. The summed E-state index contributed by atoms with van der Waals surface area (Å²) in [6, 6.07) is 14.9. The Hall–Kier alpha value is -2.77. The molecule has 1 aliphatic rings. The van der Waals surface area contributed by atoms with Crippen LogP contribution in [-0.2, 0) is 41.4 Å². The molecule has 7 atom stereocenters. The number of hydrogen-bond donors (Lipinski definition) is 5. The summed E-state index contributed by atoms with van der Waals surface area (Å²) in [4.78, 5) is 37.6. The van der Waals surface area contributed by atoms with Gasteiger partial charge >= 0.3 is 11.9 Å². The molecule has 2 aromatic carbocycles. The van der Waals surface area contributed by atoms with Gasteiger partial charge in [0.1, 0.15) is 43.0 Å². The zero-order valence-corrected chi connectivity index (χ0v) is 24.3. The summed E-state index contributed by atoms with van der Waals surface area (Å²) in [7, 11) is 0. The number of carbonyl (C=O) groups is 3. The van der Waals surface area contributed by atoms with Crippen LogP contribution in [0.4, 0.5) is 0 Å². The van der Waals surface area contributed by atoms with Gasteiger partial charge in [0.25, 0.3) is 0 Å². The van der Waals surface area contributed by atoms with Crippen molar-refractivity contribution in [3.05, 3.63) is 71.8 Å². The number of carbonyl (C=O) groups excluding carboxylic acids is 3. The van der Waals surface area contributed by atoms with Gasteiger partial charge in [0.05, 0.1) is 0 Å². The number of nitrogens with one attached hydrogen (secondary N) is 1. The summed E-state index contributed by atoms with van der Waals surface area (Å²) < 4.78 is 16.5. The fraction of sp³-hybridized carbons (Fsp3) is 0.464. The summed E-state index contributed by atoms with van der Waals surface area (Å²) in [5, 5.41) is 24.1. The lowest BCUT2D eigenvalue weighted by molar-refractivity contribution is -0.265. The van der Waals surface area contributed by atoms with Crippen molar-refractivity contribution < 1.29 is 38.8 Å². The number of aliphatic hydroxyl groups excluding tert-OH is 2. The van der Waals surface area contributed by atoms with Crippen LogP contribution in [0.25, 0.3) is 0 Å². The maximum Gasteiger partial charge on any atom is 0.325 e. The van der Waals surface area contributed by atoms with Crippen molar-refractivity contribution >= 4 is 42.7 Å². The molecule has 41 heavy (non-hydrogen) atoms. The van der Waals surface area contributed by atoms with Gasteiger partial charge in [-0.05, 0) is 30.4 Å². The van der Waals surface area contributed by atoms with Crippen LogP contribution < -0.4 is 16.8 Å². The molecular weight excluding hydrogens is 577 g/mol. The van der Waals surface area contributed by atoms with E-state index in [1.54, 1.807) is 6.92 Å². The van der Waals surface area contributed by atoms with Crippen molar-refractivity contribution in [3.63, 3.8) is 0 Å². The summed E-state index contributed by atoms with van der Waals surface area (Å²) in [5.74, 6) is -1.99. The number of halogens is 2. The molecule has 1 fully saturated rings. The molecule has 3 rings (SSSR count). The Morgan fingerprint density at radius 1 is 0.878 bits per heavy atom. The first-order valence-corrected chi connectivity index (χ1v) is 13.0. The normalized spacial score (nSPS) is 23.1. The lowest BCUT2D eigenvalue weighted by Gasteiger charge is -2.42. The van der Waals surface area contributed by atoms with Gasteiger partial charge in [-0.2, -0.15) is 0 Å². The molecule has 228 valence electrons. The largest absolute Gasteiger partial charge is 0.462 e. The standard InChI is InChI=1S/C28H37N3O8.2ClH/c1-2-9-22(32)31-23-25(34)24(33)21(16-37-26(35)19(29)14-17-10-5-3-6-11-17)38-28(23)39-27(36)20(30)15-18-12-7-4-8-13-18;;/h3-8,10-13,19-21,23-25,28,33-34H,2,9,14-16,29-30H2,1H3,(H,31,32);2*1H/t19-,20-,21+,23+,24+,25+,28?;;/m0../s1. The van der Waals surface area contributed by atoms with Crippen molar-refractivity contribution in [2.75, 3.05) is 6.61 Å². The molecule has 1 unspecified atom stereocenters. The molecule has 0 saturated carbocycles. The number of rotatable bonds is 12. The molecule has 1 aliphatic heterocycles. The molecule has 0 bridgehead atoms. The van der Waals surface area contributed by atoms with Gasteiger partial charge in [0, 0.05) is 6.42 Å². The smallest absolute Gasteiger partial charge is 0.325 e. The molecule has 1 amide bonds. The van der Waals surface area contributed by atoms with E-state index in [1.165, 1.54) is 0 Å². The highest BCUT2D eigenvalue weighted by Gasteiger charge is 2.47. The van der Waals surface area contributed by atoms with E-state index in [9.17, 15) is 24.6 Å². The highest BCUT2D eigenvalue weighted by atomic mass is 35.5. The second kappa shape index (κ2) is 17.9. The molecular formula is C28H39Cl2N3O8. The minimum atomic E-state index is -1.59. The zero-order valence-electron chi connectivity index (χ0n) is 22.7. The van der Waals surface area contributed by atoms with Crippen molar-refractivity contribution in [2.45, 2.75) is 75.3 Å². The number of hydrogen-bond acceptors (Lipinski definition) is 10. The Labute approximate surface area is 251 Å². The van der Waals surface area contributed by atoms with Crippen molar-refractivity contribution in [2.24, 2.45) is 11.5 Å². The minimum absolute atomic E-state index is 0. The van der Waals surface area contributed by atoms with Crippen LogP contribution >= 0.6 is 24.8 Å². The first kappa shape index (κ1) is 36.3. The van der Waals surface area contributed by atoms with Crippen LogP contribution in [-0.4, -0.2) is 77.4 Å². The SMILES string of the molecule is CCCC(=O)N[C@H]1C(OC(=O)[C@@H](N)Cc2ccccc2)O[C@H](COC(=O)[C@@H](N)Cc2ccccc2)[C@@H](O)[C@@H]1O.Cl.Cl. The molecule has 1 heterocycles. The second-order valence-corrected chi connectivity index (χ2v) is 9.53. The van der Waals surface area contributed by atoms with E-state index in [1.807, 2.05) is 60.7 Å². The van der Waals surface area contributed by atoms with Crippen LogP contribution in [0.1, 0.15) is 30.9 Å². The lowest BCUT2D eigenvalue weighted by atomic mass is 9.96. The van der Waals surface area contributed by atoms with Gasteiger partial charge in [-0.25, -0.2) is 0 Å². The lowest BCUT2D eigenvalue weighted by Crippen LogP contribution is -2.65. The average Bonchev–Trinajstić information content (AvgIpc) is 2.93. The molecule has 0 radical (unpaired) electrons. The van der Waals surface area contributed by atoms with E-state index in [-0.39, 0.29) is 44.1 Å². The number of ether oxygens (including phenoxy) is 3. The van der Waals surface area contributed by atoms with Crippen LogP contribution in [0.15, 0.2) is 60.7 Å². The Morgan fingerprint density at radius 3 is 1.90 bits per heavy atom. The van der Waals surface area contributed by atoms with E-state index >= 15 is 0 Å². The maximum atomic E-state index is 12.8. The molecule has 7 N–H and O–H groups in total. The second-order valence-electron chi connectivity index (χ2n) is 9.53. The number of amides is 1. The fourth-order valence-electron chi connectivity index (χ4n) is 4.18. The Bertz CT molecular complexity index is 1080. The summed E-state index contributed by atoms with van der Waals surface area (Å²) in [5.41, 5.74) is 13.7. The first-order chi connectivity index (χ1) is 18.7. The van der Waals surface area contributed by atoms with Crippen molar-refractivity contribution in [3.8, 4) is 0 Å².